The number of aromatic nitrogens is 1. The van der Waals surface area contributed by atoms with E-state index in [2.05, 4.69) is 20.9 Å². The van der Waals surface area contributed by atoms with Crippen LogP contribution in [0.2, 0.25) is 0 Å². The number of amides is 3. The first-order valence-electron chi connectivity index (χ1n) is 12.4. The molecule has 1 heterocycles. The zero-order valence-corrected chi connectivity index (χ0v) is 20.1. The Hall–Kier alpha value is -3.62. The average Bonchev–Trinajstić information content (AvgIpc) is 3.68. The van der Waals surface area contributed by atoms with E-state index in [9.17, 15) is 19.2 Å². The maximum Gasteiger partial charge on any atom is 0.289 e. The van der Waals surface area contributed by atoms with Crippen molar-refractivity contribution in [3.63, 3.8) is 0 Å². The molecule has 3 amide bonds. The van der Waals surface area contributed by atoms with E-state index in [4.69, 9.17) is 0 Å². The molecule has 3 N–H and O–H groups in total. The van der Waals surface area contributed by atoms with Crippen LogP contribution in [0.5, 0.6) is 0 Å². The number of halogens is 1. The van der Waals surface area contributed by atoms with Crippen molar-refractivity contribution >= 4 is 23.5 Å². The summed E-state index contributed by atoms with van der Waals surface area (Å²) in [5, 5.41) is 7.83. The summed E-state index contributed by atoms with van der Waals surface area (Å²) in [5.74, 6) is -3.00. The quantitative estimate of drug-likeness (QED) is 0.438. The number of ketones is 1. The molecular formula is C27H31FN4O4. The van der Waals surface area contributed by atoms with Gasteiger partial charge in [-0.2, -0.15) is 0 Å². The van der Waals surface area contributed by atoms with Crippen molar-refractivity contribution in [2.45, 2.75) is 75.2 Å². The van der Waals surface area contributed by atoms with Crippen molar-refractivity contribution in [1.29, 1.82) is 0 Å². The Morgan fingerprint density at radius 2 is 1.58 bits per heavy atom. The van der Waals surface area contributed by atoms with Gasteiger partial charge >= 0.3 is 0 Å². The van der Waals surface area contributed by atoms with E-state index < -0.39 is 40.8 Å². The zero-order valence-electron chi connectivity index (χ0n) is 20.1. The number of hydrogen-bond acceptors (Lipinski definition) is 5. The average molecular weight is 495 g/mol. The smallest absolute Gasteiger partial charge is 0.289 e. The lowest BCUT2D eigenvalue weighted by Crippen LogP contribution is -2.58. The standard InChI is InChI=1S/C27H31FN4O4/c28-26(12-6-2-7-13-26)24(35)32-27(14-15-27)25(36)31-21(17-19-9-3-1-4-10-19)22(33)23(34)30-18-20-11-5-8-16-29-20/h1,3-5,8-11,16,21H,2,6-7,12-15,17-18H2,(H,30,34)(H,31,36)(H,32,35)/t21-/m1/s1. The van der Waals surface area contributed by atoms with Crippen molar-refractivity contribution in [3.05, 3.63) is 66.0 Å². The Bertz CT molecular complexity index is 1100. The van der Waals surface area contributed by atoms with Crippen molar-refractivity contribution in [3.8, 4) is 0 Å². The first-order valence-corrected chi connectivity index (χ1v) is 12.4. The minimum Gasteiger partial charge on any atom is -0.344 e. The predicted molar refractivity (Wildman–Crippen MR) is 130 cm³/mol. The van der Waals surface area contributed by atoms with Gasteiger partial charge in [-0.15, -0.1) is 0 Å². The summed E-state index contributed by atoms with van der Waals surface area (Å²) < 4.78 is 15.1. The molecule has 4 rings (SSSR count). The van der Waals surface area contributed by atoms with Crippen molar-refractivity contribution in [2.24, 2.45) is 0 Å². The number of Topliss-reactive ketones (excluding diaryl/α,β-unsaturated/α-hetero) is 1. The molecule has 0 unspecified atom stereocenters. The summed E-state index contributed by atoms with van der Waals surface area (Å²) in [6, 6.07) is 13.1. The lowest BCUT2D eigenvalue weighted by Gasteiger charge is -2.30. The third-order valence-corrected chi connectivity index (χ3v) is 6.87. The summed E-state index contributed by atoms with van der Waals surface area (Å²) in [5.41, 5.74) is -1.89. The second-order valence-electron chi connectivity index (χ2n) is 9.65. The van der Waals surface area contributed by atoms with E-state index in [0.717, 1.165) is 12.0 Å². The van der Waals surface area contributed by atoms with Gasteiger partial charge in [0.15, 0.2) is 5.67 Å². The minimum absolute atomic E-state index is 0.0655. The number of rotatable bonds is 10. The summed E-state index contributed by atoms with van der Waals surface area (Å²) in [6.45, 7) is 0.0655. The molecule has 2 fully saturated rings. The highest BCUT2D eigenvalue weighted by Gasteiger charge is 2.55. The SMILES string of the molecule is O=C(NCc1ccccn1)C(=O)[C@@H](Cc1ccccc1)NC(=O)C1(NC(=O)C2(F)CCCCC2)CC1. The van der Waals surface area contributed by atoms with E-state index in [-0.39, 0.29) is 25.8 Å². The van der Waals surface area contributed by atoms with E-state index in [1.165, 1.54) is 0 Å². The molecule has 0 bridgehead atoms. The van der Waals surface area contributed by atoms with Crippen LogP contribution in [0.15, 0.2) is 54.7 Å². The highest BCUT2D eigenvalue weighted by Crippen LogP contribution is 2.39. The number of pyridine rings is 1. The Balaban J connectivity index is 1.43. The summed E-state index contributed by atoms with van der Waals surface area (Å²) >= 11 is 0. The molecule has 1 aromatic heterocycles. The molecule has 1 atom stereocenters. The third-order valence-electron chi connectivity index (χ3n) is 6.87. The van der Waals surface area contributed by atoms with E-state index >= 15 is 4.39 Å². The first kappa shape index (κ1) is 25.5. The molecule has 2 aromatic rings. The monoisotopic (exact) mass is 494 g/mol. The largest absolute Gasteiger partial charge is 0.344 e. The second kappa shape index (κ2) is 11.0. The number of nitrogens with zero attached hydrogens (tertiary/aromatic N) is 1. The van der Waals surface area contributed by atoms with Gasteiger partial charge in [-0.25, -0.2) is 4.39 Å². The van der Waals surface area contributed by atoms with Gasteiger partial charge in [0, 0.05) is 12.6 Å². The molecule has 0 saturated heterocycles. The topological polar surface area (TPSA) is 117 Å². The van der Waals surface area contributed by atoms with Crippen LogP contribution >= 0.6 is 0 Å². The fraction of sp³-hybridized carbons (Fsp3) is 0.444. The van der Waals surface area contributed by atoms with Crippen LogP contribution in [0.25, 0.3) is 0 Å². The molecule has 0 radical (unpaired) electrons. The molecule has 0 aliphatic heterocycles. The van der Waals surface area contributed by atoms with Crippen LogP contribution in [-0.4, -0.2) is 45.7 Å². The lowest BCUT2D eigenvalue weighted by atomic mass is 9.85. The van der Waals surface area contributed by atoms with Gasteiger partial charge in [0.2, 0.25) is 11.7 Å². The highest BCUT2D eigenvalue weighted by atomic mass is 19.1. The van der Waals surface area contributed by atoms with Gasteiger partial charge in [0.25, 0.3) is 11.8 Å². The van der Waals surface area contributed by atoms with Gasteiger partial charge in [0.05, 0.1) is 12.2 Å². The Morgan fingerprint density at radius 1 is 0.889 bits per heavy atom. The minimum atomic E-state index is -1.97. The molecule has 36 heavy (non-hydrogen) atoms. The normalized spacial score (nSPS) is 18.4. The Morgan fingerprint density at radius 3 is 2.22 bits per heavy atom. The molecule has 2 aliphatic carbocycles. The second-order valence-corrected chi connectivity index (χ2v) is 9.65. The molecule has 2 saturated carbocycles. The van der Waals surface area contributed by atoms with Crippen molar-refractivity contribution in [2.75, 3.05) is 0 Å². The molecule has 8 nitrogen and oxygen atoms in total. The molecule has 1 aromatic carbocycles. The maximum absolute atomic E-state index is 15.1. The first-order chi connectivity index (χ1) is 17.3. The third kappa shape index (κ3) is 6.13. The summed E-state index contributed by atoms with van der Waals surface area (Å²) in [4.78, 5) is 55.8. The number of alkyl halides is 1. The van der Waals surface area contributed by atoms with Crippen LogP contribution in [-0.2, 0) is 32.1 Å². The Labute approximate surface area is 209 Å². The van der Waals surface area contributed by atoms with Gasteiger partial charge in [0.1, 0.15) is 11.6 Å². The van der Waals surface area contributed by atoms with Crippen LogP contribution in [0, 0.1) is 0 Å². The number of benzene rings is 1. The number of carbonyl (C=O) groups excluding carboxylic acids is 4. The van der Waals surface area contributed by atoms with Gasteiger partial charge in [-0.3, -0.25) is 24.2 Å². The summed E-state index contributed by atoms with van der Waals surface area (Å²) in [7, 11) is 0. The van der Waals surface area contributed by atoms with Crippen LogP contribution in [0.3, 0.4) is 0 Å². The van der Waals surface area contributed by atoms with Crippen LogP contribution < -0.4 is 16.0 Å². The van der Waals surface area contributed by atoms with Crippen LogP contribution in [0.4, 0.5) is 4.39 Å². The van der Waals surface area contributed by atoms with Crippen molar-refractivity contribution in [1.82, 2.24) is 20.9 Å². The molecule has 190 valence electrons. The van der Waals surface area contributed by atoms with E-state index in [1.807, 2.05) is 6.07 Å². The number of hydrogen-bond donors (Lipinski definition) is 3. The fourth-order valence-corrected chi connectivity index (χ4v) is 4.48. The van der Waals surface area contributed by atoms with E-state index in [0.29, 0.717) is 31.4 Å². The zero-order chi connectivity index (χ0) is 25.6. The molecule has 9 heteroatoms. The molecule has 0 spiro atoms. The lowest BCUT2D eigenvalue weighted by molar-refractivity contribution is -0.142. The number of carbonyl (C=O) groups is 4. The Kier molecular flexibility index (Phi) is 7.76. The predicted octanol–water partition coefficient (Wildman–Crippen LogP) is 2.32. The van der Waals surface area contributed by atoms with Gasteiger partial charge in [-0.05, 0) is 56.2 Å². The molecule has 2 aliphatic rings. The summed E-state index contributed by atoms with van der Waals surface area (Å²) in [6.07, 6.45) is 4.80. The maximum atomic E-state index is 15.1. The fourth-order valence-electron chi connectivity index (χ4n) is 4.48. The van der Waals surface area contributed by atoms with Crippen LogP contribution in [0.1, 0.15) is 56.2 Å². The van der Waals surface area contributed by atoms with Gasteiger partial charge < -0.3 is 16.0 Å². The van der Waals surface area contributed by atoms with Gasteiger partial charge in [-0.1, -0.05) is 42.8 Å². The highest BCUT2D eigenvalue weighted by molar-refractivity contribution is 6.38. The van der Waals surface area contributed by atoms with Crippen molar-refractivity contribution < 1.29 is 23.6 Å². The molecular weight excluding hydrogens is 463 g/mol. The van der Waals surface area contributed by atoms with E-state index in [1.54, 1.807) is 48.7 Å². The number of nitrogens with one attached hydrogen (secondary N) is 3.